The predicted octanol–water partition coefficient (Wildman–Crippen LogP) is 5.72. The predicted molar refractivity (Wildman–Crippen MR) is 117 cm³/mol. The Labute approximate surface area is 177 Å². The Morgan fingerprint density at radius 2 is 2.07 bits per heavy atom. The van der Waals surface area contributed by atoms with E-state index in [9.17, 15) is 4.79 Å². The molecule has 6 nitrogen and oxygen atoms in total. The standard InChI is InChI=1S/C21H19ClN4O2S/c1-12-8-15(22)4-6-17(12)20-23-13(2)19(29-20)11-28-21(27)24-16-5-7-18-14(9-16)10-26(3)25-18/h4-10H,11H2,1-3H3,(H,24,27). The lowest BCUT2D eigenvalue weighted by Crippen LogP contribution is -2.13. The lowest BCUT2D eigenvalue weighted by molar-refractivity contribution is 0.156. The van der Waals surface area contributed by atoms with Crippen LogP contribution in [0.3, 0.4) is 0 Å². The molecule has 1 amide bonds. The summed E-state index contributed by atoms with van der Waals surface area (Å²) in [4.78, 5) is 17.8. The van der Waals surface area contributed by atoms with Gasteiger partial charge in [0.1, 0.15) is 11.6 Å². The topological polar surface area (TPSA) is 69.0 Å². The Bertz CT molecular complexity index is 1210. The summed E-state index contributed by atoms with van der Waals surface area (Å²) in [5.74, 6) is 0. The molecular formula is C21H19ClN4O2S. The molecule has 148 valence electrons. The summed E-state index contributed by atoms with van der Waals surface area (Å²) in [7, 11) is 1.86. The van der Waals surface area contributed by atoms with Crippen LogP contribution in [0.25, 0.3) is 21.5 Å². The largest absolute Gasteiger partial charge is 0.444 e. The number of rotatable bonds is 4. The number of carbonyl (C=O) groups is 1. The van der Waals surface area contributed by atoms with Gasteiger partial charge in [-0.1, -0.05) is 17.7 Å². The van der Waals surface area contributed by atoms with E-state index in [1.165, 1.54) is 11.3 Å². The number of nitrogens with one attached hydrogen (secondary N) is 1. The zero-order chi connectivity index (χ0) is 20.5. The first-order chi connectivity index (χ1) is 13.9. The lowest BCUT2D eigenvalue weighted by atomic mass is 10.1. The number of ether oxygens (including phenoxy) is 1. The molecule has 0 aliphatic carbocycles. The summed E-state index contributed by atoms with van der Waals surface area (Å²) in [5.41, 5.74) is 4.47. The van der Waals surface area contributed by atoms with E-state index in [1.807, 2.05) is 57.4 Å². The van der Waals surface area contributed by atoms with Gasteiger partial charge in [0.15, 0.2) is 0 Å². The van der Waals surface area contributed by atoms with Gasteiger partial charge in [-0.2, -0.15) is 5.10 Å². The molecule has 2 aromatic carbocycles. The van der Waals surface area contributed by atoms with Gasteiger partial charge in [0.25, 0.3) is 0 Å². The number of halogens is 1. The van der Waals surface area contributed by atoms with Crippen LogP contribution in [-0.4, -0.2) is 20.9 Å². The van der Waals surface area contributed by atoms with Gasteiger partial charge in [0, 0.05) is 34.9 Å². The van der Waals surface area contributed by atoms with Crippen molar-refractivity contribution in [2.45, 2.75) is 20.5 Å². The fourth-order valence-corrected chi connectivity index (χ4v) is 4.35. The molecule has 0 saturated heterocycles. The molecule has 29 heavy (non-hydrogen) atoms. The first-order valence-electron chi connectivity index (χ1n) is 8.99. The maximum Gasteiger partial charge on any atom is 0.411 e. The minimum Gasteiger partial charge on any atom is -0.444 e. The second-order valence-electron chi connectivity index (χ2n) is 6.76. The number of aromatic nitrogens is 3. The first-order valence-corrected chi connectivity index (χ1v) is 10.2. The number of thiazole rings is 1. The third-order valence-corrected chi connectivity index (χ3v) is 5.91. The van der Waals surface area contributed by atoms with Crippen molar-refractivity contribution in [2.24, 2.45) is 7.05 Å². The SMILES string of the molecule is Cc1cc(Cl)ccc1-c1nc(C)c(COC(=O)Nc2ccc3nn(C)cc3c2)s1. The van der Waals surface area contributed by atoms with Gasteiger partial charge in [-0.25, -0.2) is 9.78 Å². The molecule has 0 spiro atoms. The fourth-order valence-electron chi connectivity index (χ4n) is 3.06. The molecule has 4 rings (SSSR count). The Morgan fingerprint density at radius 3 is 2.86 bits per heavy atom. The van der Waals surface area contributed by atoms with Crippen molar-refractivity contribution < 1.29 is 9.53 Å². The highest BCUT2D eigenvalue weighted by Gasteiger charge is 2.14. The zero-order valence-electron chi connectivity index (χ0n) is 16.2. The summed E-state index contributed by atoms with van der Waals surface area (Å²) < 4.78 is 7.14. The summed E-state index contributed by atoms with van der Waals surface area (Å²) in [6, 6.07) is 11.2. The third kappa shape index (κ3) is 4.26. The average Bonchev–Trinajstić information content (AvgIpc) is 3.21. The van der Waals surface area contributed by atoms with Gasteiger partial charge in [-0.05, 0) is 49.7 Å². The first kappa shape index (κ1) is 19.4. The van der Waals surface area contributed by atoms with E-state index in [2.05, 4.69) is 15.4 Å². The highest BCUT2D eigenvalue weighted by Crippen LogP contribution is 2.32. The Morgan fingerprint density at radius 1 is 1.24 bits per heavy atom. The summed E-state index contributed by atoms with van der Waals surface area (Å²) in [5, 5.41) is 9.61. The van der Waals surface area contributed by atoms with E-state index in [-0.39, 0.29) is 6.61 Å². The molecule has 0 saturated carbocycles. The fraction of sp³-hybridized carbons (Fsp3) is 0.190. The van der Waals surface area contributed by atoms with E-state index in [0.29, 0.717) is 10.7 Å². The van der Waals surface area contributed by atoms with Crippen LogP contribution in [0.1, 0.15) is 16.1 Å². The van der Waals surface area contributed by atoms with Crippen molar-refractivity contribution in [1.82, 2.24) is 14.8 Å². The van der Waals surface area contributed by atoms with Crippen molar-refractivity contribution in [3.8, 4) is 10.6 Å². The maximum atomic E-state index is 12.2. The molecule has 8 heteroatoms. The highest BCUT2D eigenvalue weighted by molar-refractivity contribution is 7.15. The zero-order valence-corrected chi connectivity index (χ0v) is 17.8. The van der Waals surface area contributed by atoms with Crippen LogP contribution >= 0.6 is 22.9 Å². The summed E-state index contributed by atoms with van der Waals surface area (Å²) in [6.07, 6.45) is 1.39. The molecule has 2 aromatic heterocycles. The van der Waals surface area contributed by atoms with Crippen molar-refractivity contribution in [2.75, 3.05) is 5.32 Å². The molecule has 2 heterocycles. The number of hydrogen-bond acceptors (Lipinski definition) is 5. The van der Waals surface area contributed by atoms with Gasteiger partial charge in [-0.3, -0.25) is 10.00 Å². The normalized spacial score (nSPS) is 11.0. The highest BCUT2D eigenvalue weighted by atomic mass is 35.5. The summed E-state index contributed by atoms with van der Waals surface area (Å²) in [6.45, 7) is 4.08. The monoisotopic (exact) mass is 426 g/mol. The lowest BCUT2D eigenvalue weighted by Gasteiger charge is -2.06. The number of carbonyl (C=O) groups excluding carboxylic acids is 1. The van der Waals surface area contributed by atoms with Crippen LogP contribution in [-0.2, 0) is 18.4 Å². The Kier molecular flexibility index (Phi) is 5.25. The molecule has 0 aliphatic heterocycles. The van der Waals surface area contributed by atoms with E-state index in [0.717, 1.165) is 37.6 Å². The quantitative estimate of drug-likeness (QED) is 0.453. The minimum atomic E-state index is -0.509. The molecule has 0 unspecified atom stereocenters. The van der Waals surface area contributed by atoms with Gasteiger partial charge in [-0.15, -0.1) is 11.3 Å². The van der Waals surface area contributed by atoms with Crippen molar-refractivity contribution >= 4 is 45.6 Å². The van der Waals surface area contributed by atoms with Crippen LogP contribution in [0.5, 0.6) is 0 Å². The van der Waals surface area contributed by atoms with E-state index < -0.39 is 6.09 Å². The number of fused-ring (bicyclic) bond motifs is 1. The van der Waals surface area contributed by atoms with Crippen LogP contribution in [0, 0.1) is 13.8 Å². The van der Waals surface area contributed by atoms with Crippen molar-refractivity contribution in [1.29, 1.82) is 0 Å². The van der Waals surface area contributed by atoms with Gasteiger partial charge < -0.3 is 4.74 Å². The smallest absolute Gasteiger partial charge is 0.411 e. The van der Waals surface area contributed by atoms with Gasteiger partial charge >= 0.3 is 6.09 Å². The number of benzene rings is 2. The molecule has 0 radical (unpaired) electrons. The number of nitrogens with zero attached hydrogens (tertiary/aromatic N) is 3. The molecule has 0 aliphatic rings. The number of aryl methyl sites for hydroxylation is 3. The Balaban J connectivity index is 1.43. The second kappa shape index (κ2) is 7.85. The number of anilines is 1. The average molecular weight is 427 g/mol. The minimum absolute atomic E-state index is 0.164. The van der Waals surface area contributed by atoms with Gasteiger partial charge in [0.2, 0.25) is 0 Å². The van der Waals surface area contributed by atoms with E-state index in [4.69, 9.17) is 16.3 Å². The molecule has 4 aromatic rings. The molecule has 0 atom stereocenters. The molecule has 0 fully saturated rings. The van der Waals surface area contributed by atoms with Crippen LogP contribution in [0.15, 0.2) is 42.6 Å². The summed E-state index contributed by atoms with van der Waals surface area (Å²) >= 11 is 7.55. The molecule has 0 bridgehead atoms. The second-order valence-corrected chi connectivity index (χ2v) is 8.28. The molecule has 1 N–H and O–H groups in total. The van der Waals surface area contributed by atoms with Crippen LogP contribution in [0.4, 0.5) is 10.5 Å². The Hall–Kier alpha value is -2.90. The molecular weight excluding hydrogens is 408 g/mol. The third-order valence-electron chi connectivity index (χ3n) is 4.51. The van der Waals surface area contributed by atoms with Crippen LogP contribution in [0.2, 0.25) is 5.02 Å². The van der Waals surface area contributed by atoms with Crippen LogP contribution < -0.4 is 5.32 Å². The maximum absolute atomic E-state index is 12.2. The van der Waals surface area contributed by atoms with E-state index in [1.54, 1.807) is 10.7 Å². The van der Waals surface area contributed by atoms with Crippen molar-refractivity contribution in [3.05, 3.63) is 63.8 Å². The number of hydrogen-bond donors (Lipinski definition) is 1. The number of amides is 1. The van der Waals surface area contributed by atoms with E-state index >= 15 is 0 Å². The van der Waals surface area contributed by atoms with Crippen molar-refractivity contribution in [3.63, 3.8) is 0 Å². The van der Waals surface area contributed by atoms with Gasteiger partial charge in [0.05, 0.1) is 16.1 Å².